The van der Waals surface area contributed by atoms with Gasteiger partial charge in [-0.15, -0.1) is 0 Å². The number of anilines is 1. The van der Waals surface area contributed by atoms with E-state index in [9.17, 15) is 22.8 Å². The van der Waals surface area contributed by atoms with E-state index >= 15 is 0 Å². The number of aryl methyl sites for hydroxylation is 1. The molecule has 4 rings (SSSR count). The van der Waals surface area contributed by atoms with Crippen LogP contribution in [-0.4, -0.2) is 51.0 Å². The highest BCUT2D eigenvalue weighted by atomic mass is 19.4. The monoisotopic (exact) mass is 411 g/mol. The van der Waals surface area contributed by atoms with Crippen LogP contribution in [0.1, 0.15) is 42.7 Å². The molecule has 1 N–H and O–H groups in total. The standard InChI is InChI=1S/C18H20F3N5O3/c1-9-6-12(25-8-17(2,3)29-16(25)28)23-14-11(7-22-26(9)14)15(27)24-13(10-4-5-10)18(19,20)21/h6-7,10,13H,4-5,8H2,1-3H3,(H,24,27)/t13-/m1/s1. The number of carbonyl (C=O) groups excluding carboxylic acids is 2. The van der Waals surface area contributed by atoms with Gasteiger partial charge in [0.1, 0.15) is 23.0 Å². The van der Waals surface area contributed by atoms with Crippen LogP contribution in [0, 0.1) is 12.8 Å². The van der Waals surface area contributed by atoms with Gasteiger partial charge in [0.15, 0.2) is 5.65 Å². The van der Waals surface area contributed by atoms with Crippen molar-refractivity contribution in [1.82, 2.24) is 19.9 Å². The first-order valence-corrected chi connectivity index (χ1v) is 9.20. The van der Waals surface area contributed by atoms with Crippen LogP contribution in [0.3, 0.4) is 0 Å². The number of nitrogens with one attached hydrogen (secondary N) is 1. The maximum Gasteiger partial charge on any atom is 0.416 e. The highest BCUT2D eigenvalue weighted by molar-refractivity contribution is 6.00. The molecular formula is C18H20F3N5O3. The van der Waals surface area contributed by atoms with Crippen molar-refractivity contribution in [3.63, 3.8) is 0 Å². The van der Waals surface area contributed by atoms with Gasteiger partial charge >= 0.3 is 12.3 Å². The molecule has 1 aliphatic carbocycles. The Hall–Kier alpha value is -2.85. The number of alkyl halides is 3. The number of ether oxygens (including phenoxy) is 1. The van der Waals surface area contributed by atoms with Gasteiger partial charge in [-0.05, 0) is 39.5 Å². The normalized spacial score (nSPS) is 20.1. The number of fused-ring (bicyclic) bond motifs is 1. The molecule has 0 bridgehead atoms. The smallest absolute Gasteiger partial charge is 0.416 e. The molecule has 3 heterocycles. The van der Waals surface area contributed by atoms with E-state index in [0.717, 1.165) is 0 Å². The Balaban J connectivity index is 1.68. The zero-order valence-electron chi connectivity index (χ0n) is 16.1. The molecule has 1 saturated heterocycles. The third-order valence-electron chi connectivity index (χ3n) is 5.01. The van der Waals surface area contributed by atoms with Crippen LogP contribution < -0.4 is 10.2 Å². The third kappa shape index (κ3) is 3.60. The third-order valence-corrected chi connectivity index (χ3v) is 5.01. The lowest BCUT2D eigenvalue weighted by Crippen LogP contribution is -2.46. The molecule has 2 aliphatic rings. The van der Waals surface area contributed by atoms with Gasteiger partial charge in [-0.3, -0.25) is 9.69 Å². The summed E-state index contributed by atoms with van der Waals surface area (Å²) in [5.74, 6) is -1.26. The fourth-order valence-corrected chi connectivity index (χ4v) is 3.45. The van der Waals surface area contributed by atoms with Crippen molar-refractivity contribution in [3.8, 4) is 0 Å². The molecule has 1 aliphatic heterocycles. The number of amides is 2. The van der Waals surface area contributed by atoms with E-state index in [0.29, 0.717) is 18.5 Å². The van der Waals surface area contributed by atoms with Gasteiger partial charge < -0.3 is 10.1 Å². The van der Waals surface area contributed by atoms with Crippen molar-refractivity contribution in [2.75, 3.05) is 11.4 Å². The molecule has 1 atom stereocenters. The molecule has 2 aromatic heterocycles. The minimum Gasteiger partial charge on any atom is -0.441 e. The molecule has 0 unspecified atom stereocenters. The first kappa shape index (κ1) is 19.5. The number of rotatable bonds is 4. The van der Waals surface area contributed by atoms with E-state index in [4.69, 9.17) is 4.74 Å². The van der Waals surface area contributed by atoms with E-state index in [1.54, 1.807) is 26.8 Å². The number of hydrogen-bond acceptors (Lipinski definition) is 5. The molecule has 0 aromatic carbocycles. The minimum atomic E-state index is -4.53. The highest BCUT2D eigenvalue weighted by Gasteiger charge is 2.50. The number of carbonyl (C=O) groups is 2. The molecule has 1 saturated carbocycles. The summed E-state index contributed by atoms with van der Waals surface area (Å²) in [5.41, 5.74) is -0.150. The van der Waals surface area contributed by atoms with E-state index in [2.05, 4.69) is 15.4 Å². The van der Waals surface area contributed by atoms with Gasteiger partial charge in [0.05, 0.1) is 12.7 Å². The number of cyclic esters (lactones) is 1. The summed E-state index contributed by atoms with van der Waals surface area (Å²) in [6.07, 6.45) is -3.08. The van der Waals surface area contributed by atoms with Gasteiger partial charge in [-0.1, -0.05) is 0 Å². The number of aromatic nitrogens is 3. The summed E-state index contributed by atoms with van der Waals surface area (Å²) in [5, 5.41) is 6.14. The van der Waals surface area contributed by atoms with Gasteiger partial charge in [0.2, 0.25) is 0 Å². The topological polar surface area (TPSA) is 88.8 Å². The lowest BCUT2D eigenvalue weighted by Gasteiger charge is -2.21. The number of nitrogens with zero attached hydrogens (tertiary/aromatic N) is 4. The number of hydrogen-bond donors (Lipinski definition) is 1. The van der Waals surface area contributed by atoms with Gasteiger partial charge in [0.25, 0.3) is 5.91 Å². The Morgan fingerprint density at radius 2 is 2.07 bits per heavy atom. The van der Waals surface area contributed by atoms with Crippen molar-refractivity contribution >= 4 is 23.5 Å². The summed E-state index contributed by atoms with van der Waals surface area (Å²) in [6, 6.07) is -0.295. The quantitative estimate of drug-likeness (QED) is 0.836. The molecule has 0 radical (unpaired) electrons. The Kier molecular flexibility index (Phi) is 4.25. The van der Waals surface area contributed by atoms with Gasteiger partial charge in [-0.25, -0.2) is 14.3 Å². The molecular weight excluding hydrogens is 391 g/mol. The molecule has 0 spiro atoms. The average Bonchev–Trinajstić information content (AvgIpc) is 3.26. The maximum atomic E-state index is 13.3. The van der Waals surface area contributed by atoms with Crippen molar-refractivity contribution in [2.24, 2.45) is 5.92 Å². The first-order valence-electron chi connectivity index (χ1n) is 9.20. The van der Waals surface area contributed by atoms with Crippen LogP contribution >= 0.6 is 0 Å². The van der Waals surface area contributed by atoms with Crippen LogP contribution in [0.25, 0.3) is 5.65 Å². The Morgan fingerprint density at radius 3 is 2.62 bits per heavy atom. The predicted octanol–water partition coefficient (Wildman–Crippen LogP) is 2.84. The van der Waals surface area contributed by atoms with E-state index in [1.807, 2.05) is 0 Å². The van der Waals surface area contributed by atoms with Crippen molar-refractivity contribution in [2.45, 2.75) is 51.4 Å². The molecule has 2 amide bonds. The summed E-state index contributed by atoms with van der Waals surface area (Å²) >= 11 is 0. The summed E-state index contributed by atoms with van der Waals surface area (Å²) in [4.78, 5) is 30.4. The lowest BCUT2D eigenvalue weighted by molar-refractivity contribution is -0.158. The van der Waals surface area contributed by atoms with Crippen molar-refractivity contribution in [3.05, 3.63) is 23.5 Å². The van der Waals surface area contributed by atoms with Crippen LogP contribution in [0.2, 0.25) is 0 Å². The highest BCUT2D eigenvalue weighted by Crippen LogP contribution is 2.40. The summed E-state index contributed by atoms with van der Waals surface area (Å²) in [6.45, 7) is 5.45. The van der Waals surface area contributed by atoms with Crippen LogP contribution in [0.5, 0.6) is 0 Å². The van der Waals surface area contributed by atoms with Crippen molar-refractivity contribution in [1.29, 1.82) is 0 Å². The van der Waals surface area contributed by atoms with Gasteiger partial charge in [0, 0.05) is 11.8 Å². The van der Waals surface area contributed by atoms with E-state index in [-0.39, 0.29) is 23.6 Å². The first-order chi connectivity index (χ1) is 13.5. The zero-order chi connectivity index (χ0) is 21.1. The van der Waals surface area contributed by atoms with Crippen LogP contribution in [-0.2, 0) is 4.74 Å². The zero-order valence-corrected chi connectivity index (χ0v) is 16.1. The Bertz CT molecular complexity index is 997. The fraction of sp³-hybridized carbons (Fsp3) is 0.556. The molecule has 8 nitrogen and oxygen atoms in total. The second-order valence-electron chi connectivity index (χ2n) is 8.09. The maximum absolute atomic E-state index is 13.3. The largest absolute Gasteiger partial charge is 0.441 e. The van der Waals surface area contributed by atoms with Crippen molar-refractivity contribution < 1.29 is 27.5 Å². The molecule has 156 valence electrons. The molecule has 2 fully saturated rings. The van der Waals surface area contributed by atoms with E-state index in [1.165, 1.54) is 15.6 Å². The average molecular weight is 411 g/mol. The number of halogens is 3. The Morgan fingerprint density at radius 1 is 1.38 bits per heavy atom. The Labute approximate surface area is 164 Å². The lowest BCUT2D eigenvalue weighted by atomic mass is 10.1. The minimum absolute atomic E-state index is 0.0757. The molecule has 11 heteroatoms. The van der Waals surface area contributed by atoms with Crippen LogP contribution in [0.4, 0.5) is 23.8 Å². The summed E-state index contributed by atoms with van der Waals surface area (Å²) in [7, 11) is 0. The van der Waals surface area contributed by atoms with E-state index < -0.39 is 35.7 Å². The predicted molar refractivity (Wildman–Crippen MR) is 95.7 cm³/mol. The van der Waals surface area contributed by atoms with Gasteiger partial charge in [-0.2, -0.15) is 18.3 Å². The SMILES string of the molecule is Cc1cc(N2CC(C)(C)OC2=O)nc2c(C(=O)N[C@H](C3CC3)C(F)(F)F)cnn12. The van der Waals surface area contributed by atoms with Crippen LogP contribution in [0.15, 0.2) is 12.3 Å². The molecule has 29 heavy (non-hydrogen) atoms. The second-order valence-corrected chi connectivity index (χ2v) is 8.09. The summed E-state index contributed by atoms with van der Waals surface area (Å²) < 4.78 is 46.4. The second kappa shape index (κ2) is 6.33. The molecule has 2 aromatic rings. The fourth-order valence-electron chi connectivity index (χ4n) is 3.45.